The number of rotatable bonds is 5. The fourth-order valence-electron chi connectivity index (χ4n) is 4.31. The molecule has 2 aromatic carbocycles. The number of carbonyl (C=O) groups excluding carboxylic acids is 1. The van der Waals surface area contributed by atoms with E-state index < -0.39 is 5.69 Å². The van der Waals surface area contributed by atoms with E-state index in [0.717, 1.165) is 5.56 Å². The third-order valence-electron chi connectivity index (χ3n) is 6.10. The molecule has 1 fully saturated rings. The number of nitrogens with one attached hydrogen (secondary N) is 1. The number of nitrogens with zero attached hydrogens (tertiary/aromatic N) is 5. The zero-order chi connectivity index (χ0) is 23.5. The quantitative estimate of drug-likeness (QED) is 0.490. The number of hydrogen-bond acceptors (Lipinski definition) is 6. The number of amides is 1. The SMILES string of the molecule is O=C(c1cccc(CCn2c(=O)[nH]c(=O)c3ccccc32)c1)N1CCN(c2ncccn2)CC1. The number of anilines is 1. The lowest BCUT2D eigenvalue weighted by molar-refractivity contribution is 0.0746. The minimum absolute atomic E-state index is 0.0119. The number of hydrogen-bond donors (Lipinski definition) is 1. The molecular weight excluding hydrogens is 432 g/mol. The van der Waals surface area contributed by atoms with Gasteiger partial charge in [0.05, 0.1) is 10.9 Å². The van der Waals surface area contributed by atoms with Gasteiger partial charge in [-0.25, -0.2) is 14.8 Å². The van der Waals surface area contributed by atoms with Gasteiger partial charge in [0.15, 0.2) is 0 Å². The molecule has 34 heavy (non-hydrogen) atoms. The zero-order valence-electron chi connectivity index (χ0n) is 18.6. The molecule has 9 heteroatoms. The summed E-state index contributed by atoms with van der Waals surface area (Å²) in [5.74, 6) is 0.670. The van der Waals surface area contributed by atoms with Gasteiger partial charge in [0, 0.05) is 50.7 Å². The highest BCUT2D eigenvalue weighted by Gasteiger charge is 2.23. The zero-order valence-corrected chi connectivity index (χ0v) is 18.6. The number of benzene rings is 2. The predicted octanol–water partition coefficient (Wildman–Crippen LogP) is 1.68. The molecule has 0 radical (unpaired) electrons. The van der Waals surface area contributed by atoms with Crippen LogP contribution in [0, 0.1) is 0 Å². The molecule has 0 saturated carbocycles. The van der Waals surface area contributed by atoms with Crippen LogP contribution in [0.25, 0.3) is 10.9 Å². The standard InChI is InChI=1S/C25H24N6O3/c32-22-20-7-1-2-8-21(20)31(25(34)28-22)12-9-18-5-3-6-19(17-18)23(33)29-13-15-30(16-14-29)24-26-10-4-11-27-24/h1-8,10-11,17H,9,12-16H2,(H,28,32,34). The van der Waals surface area contributed by atoms with Gasteiger partial charge in [0.2, 0.25) is 5.95 Å². The Morgan fingerprint density at radius 1 is 0.912 bits per heavy atom. The number of aromatic nitrogens is 4. The largest absolute Gasteiger partial charge is 0.337 e. The Kier molecular flexibility index (Phi) is 5.90. The summed E-state index contributed by atoms with van der Waals surface area (Å²) in [7, 11) is 0. The van der Waals surface area contributed by atoms with Crippen LogP contribution in [0.5, 0.6) is 0 Å². The molecular formula is C25H24N6O3. The molecule has 1 aliphatic heterocycles. The number of H-pyrrole nitrogens is 1. The molecule has 0 aliphatic carbocycles. The number of fused-ring (bicyclic) bond motifs is 1. The smallest absolute Gasteiger partial charge is 0.328 e. The summed E-state index contributed by atoms with van der Waals surface area (Å²) in [5, 5.41) is 0.478. The molecule has 1 amide bonds. The average Bonchev–Trinajstić information content (AvgIpc) is 2.89. The highest BCUT2D eigenvalue weighted by atomic mass is 16.2. The molecule has 4 aromatic rings. The van der Waals surface area contributed by atoms with Gasteiger partial charge in [-0.15, -0.1) is 0 Å². The molecule has 0 bridgehead atoms. The van der Waals surface area contributed by atoms with Gasteiger partial charge < -0.3 is 9.80 Å². The van der Waals surface area contributed by atoms with Gasteiger partial charge in [-0.3, -0.25) is 19.1 Å². The Bertz CT molecular complexity index is 1440. The van der Waals surface area contributed by atoms with Crippen molar-refractivity contribution in [2.45, 2.75) is 13.0 Å². The van der Waals surface area contributed by atoms with Crippen LogP contribution in [0.3, 0.4) is 0 Å². The van der Waals surface area contributed by atoms with E-state index in [1.54, 1.807) is 47.3 Å². The molecule has 1 saturated heterocycles. The van der Waals surface area contributed by atoms with Crippen molar-refractivity contribution in [2.24, 2.45) is 0 Å². The van der Waals surface area contributed by atoms with Gasteiger partial charge in [0.25, 0.3) is 11.5 Å². The lowest BCUT2D eigenvalue weighted by atomic mass is 10.1. The fourth-order valence-corrected chi connectivity index (χ4v) is 4.31. The summed E-state index contributed by atoms with van der Waals surface area (Å²) in [4.78, 5) is 52.5. The maximum atomic E-state index is 13.1. The lowest BCUT2D eigenvalue weighted by Crippen LogP contribution is -2.49. The second kappa shape index (κ2) is 9.30. The second-order valence-corrected chi connectivity index (χ2v) is 8.21. The van der Waals surface area contributed by atoms with Gasteiger partial charge in [-0.05, 0) is 42.3 Å². The van der Waals surface area contributed by atoms with Crippen LogP contribution < -0.4 is 16.1 Å². The molecule has 0 unspecified atom stereocenters. The summed E-state index contributed by atoms with van der Waals surface area (Å²) in [6.45, 7) is 2.94. The van der Waals surface area contributed by atoms with E-state index in [0.29, 0.717) is 61.6 Å². The molecule has 9 nitrogen and oxygen atoms in total. The predicted molar refractivity (Wildman–Crippen MR) is 129 cm³/mol. The Labute approximate surface area is 195 Å². The molecule has 0 atom stereocenters. The normalized spacial score (nSPS) is 13.9. The summed E-state index contributed by atoms with van der Waals surface area (Å²) in [6.07, 6.45) is 3.99. The number of carbonyl (C=O) groups is 1. The van der Waals surface area contributed by atoms with Crippen LogP contribution in [0.4, 0.5) is 5.95 Å². The van der Waals surface area contributed by atoms with Crippen LogP contribution >= 0.6 is 0 Å². The van der Waals surface area contributed by atoms with E-state index >= 15 is 0 Å². The Morgan fingerprint density at radius 2 is 1.68 bits per heavy atom. The number of para-hydroxylation sites is 1. The summed E-state index contributed by atoms with van der Waals surface area (Å²) in [5.41, 5.74) is 1.35. The fraction of sp³-hybridized carbons (Fsp3) is 0.240. The number of aromatic amines is 1. The number of aryl methyl sites for hydroxylation is 2. The molecule has 3 heterocycles. The maximum absolute atomic E-state index is 13.1. The lowest BCUT2D eigenvalue weighted by Gasteiger charge is -2.34. The van der Waals surface area contributed by atoms with Crippen molar-refractivity contribution in [3.05, 3.63) is 99.0 Å². The summed E-state index contributed by atoms with van der Waals surface area (Å²) in [6, 6.07) is 16.3. The van der Waals surface area contributed by atoms with Crippen molar-refractivity contribution in [3.63, 3.8) is 0 Å². The van der Waals surface area contributed by atoms with Crippen LogP contribution in [-0.2, 0) is 13.0 Å². The van der Waals surface area contributed by atoms with Crippen LogP contribution in [0.2, 0.25) is 0 Å². The Balaban J connectivity index is 1.28. The summed E-state index contributed by atoms with van der Waals surface area (Å²) >= 11 is 0. The van der Waals surface area contributed by atoms with E-state index in [-0.39, 0.29) is 11.5 Å². The van der Waals surface area contributed by atoms with Crippen molar-refractivity contribution >= 4 is 22.8 Å². The van der Waals surface area contributed by atoms with E-state index in [1.807, 2.05) is 29.2 Å². The van der Waals surface area contributed by atoms with Gasteiger partial charge in [-0.2, -0.15) is 0 Å². The maximum Gasteiger partial charge on any atom is 0.328 e. The van der Waals surface area contributed by atoms with Crippen molar-refractivity contribution in [2.75, 3.05) is 31.1 Å². The van der Waals surface area contributed by atoms with Crippen LogP contribution in [-0.4, -0.2) is 56.5 Å². The van der Waals surface area contributed by atoms with Crippen LogP contribution in [0.15, 0.2) is 76.6 Å². The molecule has 1 N–H and O–H groups in total. The van der Waals surface area contributed by atoms with E-state index in [1.165, 1.54) is 0 Å². The summed E-state index contributed by atoms with van der Waals surface area (Å²) < 4.78 is 1.57. The first kappa shape index (κ1) is 21.6. The van der Waals surface area contributed by atoms with Gasteiger partial charge >= 0.3 is 5.69 Å². The van der Waals surface area contributed by atoms with Crippen molar-refractivity contribution in [1.29, 1.82) is 0 Å². The molecule has 2 aromatic heterocycles. The molecule has 1 aliphatic rings. The minimum atomic E-state index is -0.434. The third-order valence-corrected chi connectivity index (χ3v) is 6.10. The van der Waals surface area contributed by atoms with E-state index in [2.05, 4.69) is 19.9 Å². The topological polar surface area (TPSA) is 104 Å². The van der Waals surface area contributed by atoms with Crippen LogP contribution in [0.1, 0.15) is 15.9 Å². The third kappa shape index (κ3) is 4.32. The molecule has 0 spiro atoms. The van der Waals surface area contributed by atoms with E-state index in [9.17, 15) is 14.4 Å². The van der Waals surface area contributed by atoms with Crippen molar-refractivity contribution in [1.82, 2.24) is 24.4 Å². The average molecular weight is 457 g/mol. The first-order valence-electron chi connectivity index (χ1n) is 11.2. The van der Waals surface area contributed by atoms with E-state index in [4.69, 9.17) is 0 Å². The van der Waals surface area contributed by atoms with Gasteiger partial charge in [-0.1, -0.05) is 24.3 Å². The highest BCUT2D eigenvalue weighted by Crippen LogP contribution is 2.15. The first-order valence-corrected chi connectivity index (χ1v) is 11.2. The highest BCUT2D eigenvalue weighted by molar-refractivity contribution is 5.94. The minimum Gasteiger partial charge on any atom is -0.337 e. The van der Waals surface area contributed by atoms with Gasteiger partial charge in [0.1, 0.15) is 0 Å². The second-order valence-electron chi connectivity index (χ2n) is 8.21. The first-order chi connectivity index (χ1) is 16.6. The monoisotopic (exact) mass is 456 g/mol. The Morgan fingerprint density at radius 3 is 2.47 bits per heavy atom. The number of piperazine rings is 1. The Hall–Kier alpha value is -4.27. The molecule has 172 valence electrons. The van der Waals surface area contributed by atoms with Crippen molar-refractivity contribution < 1.29 is 4.79 Å². The molecule has 5 rings (SSSR count). The van der Waals surface area contributed by atoms with Crippen molar-refractivity contribution in [3.8, 4) is 0 Å².